The van der Waals surface area contributed by atoms with Gasteiger partial charge in [-0.1, -0.05) is 35.9 Å². The Morgan fingerprint density at radius 1 is 1.14 bits per heavy atom. The maximum Gasteiger partial charge on any atom is 0.241 e. The lowest BCUT2D eigenvalue weighted by Gasteiger charge is -2.29. The molecule has 0 N–H and O–H groups in total. The van der Waals surface area contributed by atoms with Gasteiger partial charge in [0.25, 0.3) is 0 Å². The van der Waals surface area contributed by atoms with E-state index >= 15 is 0 Å². The highest BCUT2D eigenvalue weighted by Crippen LogP contribution is 2.41. The van der Waals surface area contributed by atoms with Crippen molar-refractivity contribution in [2.24, 2.45) is 0 Å². The number of pyridine rings is 1. The molecule has 1 aliphatic heterocycles. The van der Waals surface area contributed by atoms with Crippen LogP contribution in [0.3, 0.4) is 0 Å². The zero-order valence-corrected chi connectivity index (χ0v) is 20.3. The standard InChI is InChI=1S/C28H28FN3O4/c1-20-8-10-24(11-9-20)36-14-13-31(2)25(33)16-28(22-6-3-7-23(29)15-22)17-26(34)32(27(28)35)19-21-5-4-12-30-18-21/h3-12,15,18H,13-14,16-17,19H2,1-2H3/t28-/m0/s1. The quantitative estimate of drug-likeness (QED) is 0.429. The van der Waals surface area contributed by atoms with Gasteiger partial charge in [-0.05, 0) is 48.4 Å². The summed E-state index contributed by atoms with van der Waals surface area (Å²) in [5.41, 5.74) is 0.633. The normalized spacial score (nSPS) is 17.4. The highest BCUT2D eigenvalue weighted by molar-refractivity contribution is 6.10. The number of imide groups is 1. The summed E-state index contributed by atoms with van der Waals surface area (Å²) in [5.74, 6) is -1.10. The smallest absolute Gasteiger partial charge is 0.241 e. The van der Waals surface area contributed by atoms with E-state index in [4.69, 9.17) is 4.74 Å². The number of ether oxygens (including phenoxy) is 1. The lowest BCUT2D eigenvalue weighted by molar-refractivity contribution is -0.143. The zero-order chi connectivity index (χ0) is 25.7. The Labute approximate surface area is 209 Å². The zero-order valence-electron chi connectivity index (χ0n) is 20.3. The number of nitrogens with zero attached hydrogens (tertiary/aromatic N) is 3. The Bertz CT molecular complexity index is 1250. The maximum atomic E-state index is 14.2. The second-order valence-electron chi connectivity index (χ2n) is 9.07. The van der Waals surface area contributed by atoms with Crippen LogP contribution >= 0.6 is 0 Å². The summed E-state index contributed by atoms with van der Waals surface area (Å²) in [6.45, 7) is 2.57. The summed E-state index contributed by atoms with van der Waals surface area (Å²) in [4.78, 5) is 46.6. The second-order valence-corrected chi connectivity index (χ2v) is 9.07. The minimum absolute atomic E-state index is 0.0387. The van der Waals surface area contributed by atoms with Gasteiger partial charge in [0.05, 0.1) is 18.5 Å². The number of aryl methyl sites for hydroxylation is 1. The van der Waals surface area contributed by atoms with E-state index in [1.807, 2.05) is 31.2 Å². The van der Waals surface area contributed by atoms with E-state index in [1.165, 1.54) is 23.1 Å². The molecule has 3 amide bonds. The third-order valence-corrected chi connectivity index (χ3v) is 6.44. The fraction of sp³-hybridized carbons (Fsp3) is 0.286. The van der Waals surface area contributed by atoms with Crippen molar-refractivity contribution >= 4 is 17.7 Å². The molecule has 0 aliphatic carbocycles. The predicted molar refractivity (Wildman–Crippen MR) is 131 cm³/mol. The molecule has 1 fully saturated rings. The molecular formula is C28H28FN3O4. The van der Waals surface area contributed by atoms with Crippen molar-refractivity contribution in [3.63, 3.8) is 0 Å². The first-order chi connectivity index (χ1) is 17.3. The molecule has 8 heteroatoms. The van der Waals surface area contributed by atoms with Gasteiger partial charge in [0.15, 0.2) is 0 Å². The number of carbonyl (C=O) groups excluding carboxylic acids is 3. The molecule has 0 radical (unpaired) electrons. The average Bonchev–Trinajstić information content (AvgIpc) is 3.10. The summed E-state index contributed by atoms with van der Waals surface area (Å²) in [5, 5.41) is 0. The summed E-state index contributed by atoms with van der Waals surface area (Å²) in [6.07, 6.45) is 2.71. The van der Waals surface area contributed by atoms with Crippen molar-refractivity contribution in [3.05, 3.63) is 95.6 Å². The van der Waals surface area contributed by atoms with Crippen molar-refractivity contribution in [1.29, 1.82) is 0 Å². The maximum absolute atomic E-state index is 14.2. The summed E-state index contributed by atoms with van der Waals surface area (Å²) in [6, 6.07) is 16.6. The van der Waals surface area contributed by atoms with Gasteiger partial charge in [-0.3, -0.25) is 24.3 Å². The number of rotatable bonds is 9. The second kappa shape index (κ2) is 10.7. The number of hydrogen-bond donors (Lipinski definition) is 0. The van der Waals surface area contributed by atoms with Crippen molar-refractivity contribution in [1.82, 2.24) is 14.8 Å². The van der Waals surface area contributed by atoms with E-state index in [0.717, 1.165) is 10.5 Å². The van der Waals surface area contributed by atoms with Crippen LogP contribution in [0.5, 0.6) is 5.75 Å². The van der Waals surface area contributed by atoms with Gasteiger partial charge in [0.1, 0.15) is 18.2 Å². The molecule has 2 aromatic carbocycles. The molecular weight excluding hydrogens is 461 g/mol. The summed E-state index contributed by atoms with van der Waals surface area (Å²) in [7, 11) is 1.62. The molecule has 0 spiro atoms. The number of aromatic nitrogens is 1. The van der Waals surface area contributed by atoms with Crippen molar-refractivity contribution in [3.8, 4) is 5.75 Å². The number of carbonyl (C=O) groups is 3. The lowest BCUT2D eigenvalue weighted by atomic mass is 9.75. The van der Waals surface area contributed by atoms with Gasteiger partial charge in [-0.2, -0.15) is 0 Å². The third-order valence-electron chi connectivity index (χ3n) is 6.44. The molecule has 1 aromatic heterocycles. The van der Waals surface area contributed by atoms with Crippen LogP contribution < -0.4 is 4.74 Å². The van der Waals surface area contributed by atoms with E-state index in [0.29, 0.717) is 16.9 Å². The summed E-state index contributed by atoms with van der Waals surface area (Å²) < 4.78 is 19.9. The van der Waals surface area contributed by atoms with Gasteiger partial charge in [0.2, 0.25) is 17.7 Å². The van der Waals surface area contributed by atoms with Gasteiger partial charge >= 0.3 is 0 Å². The van der Waals surface area contributed by atoms with E-state index in [9.17, 15) is 18.8 Å². The number of likely N-dealkylation sites (N-methyl/N-ethyl adjacent to an activating group) is 1. The van der Waals surface area contributed by atoms with Gasteiger partial charge < -0.3 is 9.64 Å². The van der Waals surface area contributed by atoms with Crippen LogP contribution in [0.15, 0.2) is 73.1 Å². The van der Waals surface area contributed by atoms with Crippen LogP contribution in [0.4, 0.5) is 4.39 Å². The molecule has 186 valence electrons. The molecule has 3 aromatic rings. The minimum atomic E-state index is -1.48. The molecule has 36 heavy (non-hydrogen) atoms. The number of amides is 3. The third kappa shape index (κ3) is 5.43. The van der Waals surface area contributed by atoms with E-state index in [2.05, 4.69) is 4.98 Å². The summed E-state index contributed by atoms with van der Waals surface area (Å²) >= 11 is 0. The fourth-order valence-electron chi connectivity index (χ4n) is 4.34. The Morgan fingerprint density at radius 2 is 1.92 bits per heavy atom. The van der Waals surface area contributed by atoms with Crippen LogP contribution in [0, 0.1) is 12.7 Å². The van der Waals surface area contributed by atoms with Crippen LogP contribution in [-0.2, 0) is 26.3 Å². The monoisotopic (exact) mass is 489 g/mol. The van der Waals surface area contributed by atoms with Crippen LogP contribution in [0.1, 0.15) is 29.5 Å². The predicted octanol–water partition coefficient (Wildman–Crippen LogP) is 3.65. The number of hydrogen-bond acceptors (Lipinski definition) is 5. The fourth-order valence-corrected chi connectivity index (χ4v) is 4.34. The molecule has 2 heterocycles. The molecule has 7 nitrogen and oxygen atoms in total. The van der Waals surface area contributed by atoms with Crippen molar-refractivity contribution in [2.45, 2.75) is 31.7 Å². The van der Waals surface area contributed by atoms with Crippen molar-refractivity contribution < 1.29 is 23.5 Å². The van der Waals surface area contributed by atoms with E-state index < -0.39 is 23.0 Å². The van der Waals surface area contributed by atoms with Crippen LogP contribution in [0.2, 0.25) is 0 Å². The molecule has 4 rings (SSSR count). The Morgan fingerprint density at radius 3 is 2.61 bits per heavy atom. The number of benzene rings is 2. The average molecular weight is 490 g/mol. The number of halogens is 1. The Balaban J connectivity index is 1.52. The van der Waals surface area contributed by atoms with Gasteiger partial charge in [0, 0.05) is 32.3 Å². The van der Waals surface area contributed by atoms with Gasteiger partial charge in [-0.25, -0.2) is 4.39 Å². The first kappa shape index (κ1) is 25.0. The molecule has 0 unspecified atom stereocenters. The first-order valence-corrected chi connectivity index (χ1v) is 11.7. The SMILES string of the molecule is Cc1ccc(OCCN(C)C(=O)C[C@@]2(c3cccc(F)c3)CC(=O)N(Cc3cccnc3)C2=O)cc1. The van der Waals surface area contributed by atoms with E-state index in [-0.39, 0.29) is 38.4 Å². The van der Waals surface area contributed by atoms with E-state index in [1.54, 1.807) is 37.6 Å². The molecule has 1 saturated heterocycles. The largest absolute Gasteiger partial charge is 0.492 e. The topological polar surface area (TPSA) is 79.8 Å². The van der Waals surface area contributed by atoms with Gasteiger partial charge in [-0.15, -0.1) is 0 Å². The first-order valence-electron chi connectivity index (χ1n) is 11.7. The molecule has 1 aliphatic rings. The van der Waals surface area contributed by atoms with Crippen LogP contribution in [0.25, 0.3) is 0 Å². The highest BCUT2D eigenvalue weighted by Gasteiger charge is 2.54. The lowest BCUT2D eigenvalue weighted by Crippen LogP contribution is -2.43. The minimum Gasteiger partial charge on any atom is -0.492 e. The Hall–Kier alpha value is -4.07. The molecule has 0 saturated carbocycles. The van der Waals surface area contributed by atoms with Crippen molar-refractivity contribution in [2.75, 3.05) is 20.2 Å². The Kier molecular flexibility index (Phi) is 7.43. The molecule has 1 atom stereocenters. The number of likely N-dealkylation sites (tertiary alicyclic amines) is 1. The van der Waals surface area contributed by atoms with Crippen LogP contribution in [-0.4, -0.2) is 52.7 Å². The molecule has 0 bridgehead atoms. The highest BCUT2D eigenvalue weighted by atomic mass is 19.1.